The monoisotopic (exact) mass is 257 g/mol. The fraction of sp³-hybridized carbons (Fsp3) is 0.231. The maximum absolute atomic E-state index is 12.0. The number of aromatic amines is 1. The molecule has 6 heteroatoms. The Kier molecular flexibility index (Phi) is 1.92. The second-order valence-electron chi connectivity index (χ2n) is 4.67. The molecule has 0 spiro atoms. The third-order valence-corrected chi connectivity index (χ3v) is 3.65. The van der Waals surface area contributed by atoms with Gasteiger partial charge in [-0.25, -0.2) is 19.0 Å². The number of allylic oxidation sites excluding steroid dienone is 1. The van der Waals surface area contributed by atoms with Crippen LogP contribution in [-0.2, 0) is 6.54 Å². The van der Waals surface area contributed by atoms with E-state index in [0.717, 1.165) is 16.9 Å². The number of rotatable bonds is 0. The molecule has 2 aromatic rings. The summed E-state index contributed by atoms with van der Waals surface area (Å²) in [6.45, 7) is 0.850. The van der Waals surface area contributed by atoms with Crippen molar-refractivity contribution in [1.82, 2.24) is 14.3 Å². The molecule has 3 heterocycles. The van der Waals surface area contributed by atoms with E-state index in [2.05, 4.69) is 4.98 Å². The third-order valence-electron chi connectivity index (χ3n) is 3.65. The van der Waals surface area contributed by atoms with Crippen LogP contribution in [0.25, 0.3) is 0 Å². The van der Waals surface area contributed by atoms with Gasteiger partial charge in [-0.3, -0.25) is 4.98 Å². The zero-order chi connectivity index (χ0) is 13.0. The highest BCUT2D eigenvalue weighted by atomic mass is 16.5. The summed E-state index contributed by atoms with van der Waals surface area (Å²) in [5.41, 5.74) is 1.18. The van der Waals surface area contributed by atoms with Crippen LogP contribution in [-0.4, -0.2) is 21.0 Å². The Morgan fingerprint density at radius 1 is 1.21 bits per heavy atom. The highest BCUT2D eigenvalue weighted by Gasteiger charge is 2.32. The van der Waals surface area contributed by atoms with Gasteiger partial charge in [0.1, 0.15) is 18.4 Å². The number of benzene rings is 1. The van der Waals surface area contributed by atoms with Crippen LogP contribution in [0.3, 0.4) is 0 Å². The van der Waals surface area contributed by atoms with Crippen LogP contribution in [0.1, 0.15) is 11.6 Å². The largest absolute Gasteiger partial charge is 0.489 e. The first kappa shape index (κ1) is 10.4. The standard InChI is InChI=1S/C13H11N3O3/c17-12-14-13(18)16-11-8(5-6-15(12)16)7-19-10-4-2-1-3-9(10)11/h1-5,11H,6-7H2,(H,14,17,18). The van der Waals surface area contributed by atoms with Gasteiger partial charge in [0, 0.05) is 5.56 Å². The topological polar surface area (TPSA) is 69.0 Å². The van der Waals surface area contributed by atoms with Crippen LogP contribution in [0.2, 0.25) is 0 Å². The summed E-state index contributed by atoms with van der Waals surface area (Å²) in [7, 11) is 0. The predicted molar refractivity (Wildman–Crippen MR) is 67.5 cm³/mol. The molecule has 4 rings (SSSR count). The van der Waals surface area contributed by atoms with Crippen molar-refractivity contribution >= 4 is 0 Å². The molecule has 96 valence electrons. The first-order valence-electron chi connectivity index (χ1n) is 6.08. The lowest BCUT2D eigenvalue weighted by atomic mass is 9.95. The normalized spacial score (nSPS) is 19.8. The average Bonchev–Trinajstić information content (AvgIpc) is 2.73. The molecular formula is C13H11N3O3. The smallest absolute Gasteiger partial charge is 0.345 e. The number of fused-ring (bicyclic) bond motifs is 5. The fourth-order valence-electron chi connectivity index (χ4n) is 2.79. The summed E-state index contributed by atoms with van der Waals surface area (Å²) in [4.78, 5) is 26.0. The van der Waals surface area contributed by atoms with Crippen molar-refractivity contribution in [2.75, 3.05) is 6.61 Å². The number of H-pyrrole nitrogens is 1. The summed E-state index contributed by atoms with van der Waals surface area (Å²) in [5, 5.41) is 0. The lowest BCUT2D eigenvalue weighted by molar-refractivity contribution is 0.283. The number of nitrogens with one attached hydrogen (secondary N) is 1. The molecule has 1 aromatic heterocycles. The van der Waals surface area contributed by atoms with Gasteiger partial charge in [0.25, 0.3) is 0 Å². The quantitative estimate of drug-likeness (QED) is 0.688. The molecule has 0 radical (unpaired) electrons. The number of ether oxygens (including phenoxy) is 1. The first-order valence-corrected chi connectivity index (χ1v) is 6.08. The van der Waals surface area contributed by atoms with Crippen molar-refractivity contribution < 1.29 is 4.74 Å². The summed E-state index contributed by atoms with van der Waals surface area (Å²) >= 11 is 0. The molecule has 1 N–H and O–H groups in total. The molecule has 0 aliphatic carbocycles. The van der Waals surface area contributed by atoms with Gasteiger partial charge in [-0.15, -0.1) is 0 Å². The zero-order valence-electron chi connectivity index (χ0n) is 10.00. The molecule has 1 aromatic carbocycles. The van der Waals surface area contributed by atoms with Crippen molar-refractivity contribution in [2.24, 2.45) is 0 Å². The van der Waals surface area contributed by atoms with Crippen molar-refractivity contribution in [3.8, 4) is 5.75 Å². The molecule has 0 bridgehead atoms. The maximum atomic E-state index is 12.0. The number of aromatic nitrogens is 3. The van der Waals surface area contributed by atoms with Gasteiger partial charge in [0.2, 0.25) is 0 Å². The highest BCUT2D eigenvalue weighted by molar-refractivity contribution is 5.44. The summed E-state index contributed by atoms with van der Waals surface area (Å²) in [6.07, 6.45) is 1.95. The van der Waals surface area contributed by atoms with Crippen LogP contribution in [0.15, 0.2) is 45.5 Å². The molecular weight excluding hydrogens is 246 g/mol. The van der Waals surface area contributed by atoms with E-state index >= 15 is 0 Å². The number of hydrogen-bond acceptors (Lipinski definition) is 3. The zero-order valence-corrected chi connectivity index (χ0v) is 10.00. The van der Waals surface area contributed by atoms with E-state index in [1.54, 1.807) is 0 Å². The van der Waals surface area contributed by atoms with Gasteiger partial charge in [-0.2, -0.15) is 0 Å². The summed E-state index contributed by atoms with van der Waals surface area (Å²) in [6, 6.07) is 7.35. The molecule has 0 saturated heterocycles. The van der Waals surface area contributed by atoms with E-state index in [-0.39, 0.29) is 17.4 Å². The molecule has 2 aliphatic rings. The predicted octanol–water partition coefficient (Wildman–Crippen LogP) is 0.260. The van der Waals surface area contributed by atoms with Gasteiger partial charge >= 0.3 is 11.4 Å². The van der Waals surface area contributed by atoms with Crippen molar-refractivity contribution in [3.63, 3.8) is 0 Å². The Balaban J connectivity index is 2.04. The van der Waals surface area contributed by atoms with Gasteiger partial charge in [-0.1, -0.05) is 24.3 Å². The SMILES string of the molecule is O=c1[nH]c(=O)n2n1CC=C1COc3ccccc3C12. The van der Waals surface area contributed by atoms with Gasteiger partial charge < -0.3 is 4.74 Å². The molecule has 0 amide bonds. The van der Waals surface area contributed by atoms with Crippen LogP contribution < -0.4 is 16.1 Å². The minimum absolute atomic E-state index is 0.245. The Morgan fingerprint density at radius 2 is 2.05 bits per heavy atom. The van der Waals surface area contributed by atoms with Gasteiger partial charge in [-0.05, 0) is 11.6 Å². The summed E-state index contributed by atoms with van der Waals surface area (Å²) < 4.78 is 8.59. The second kappa shape index (κ2) is 3.50. The van der Waals surface area contributed by atoms with Crippen LogP contribution in [0.4, 0.5) is 0 Å². The van der Waals surface area contributed by atoms with E-state index in [0.29, 0.717) is 13.2 Å². The van der Waals surface area contributed by atoms with E-state index in [9.17, 15) is 9.59 Å². The number of nitrogens with zero attached hydrogens (tertiary/aromatic N) is 2. The van der Waals surface area contributed by atoms with E-state index < -0.39 is 0 Å². The van der Waals surface area contributed by atoms with Crippen LogP contribution in [0, 0.1) is 0 Å². The lowest BCUT2D eigenvalue weighted by Gasteiger charge is -2.32. The van der Waals surface area contributed by atoms with Crippen LogP contribution in [0.5, 0.6) is 5.75 Å². The third kappa shape index (κ3) is 1.31. The molecule has 19 heavy (non-hydrogen) atoms. The molecule has 2 aliphatic heterocycles. The van der Waals surface area contributed by atoms with Crippen molar-refractivity contribution in [1.29, 1.82) is 0 Å². The molecule has 0 saturated carbocycles. The molecule has 6 nitrogen and oxygen atoms in total. The summed E-state index contributed by atoms with van der Waals surface area (Å²) in [5.74, 6) is 0.763. The molecule has 1 atom stereocenters. The van der Waals surface area contributed by atoms with E-state index in [4.69, 9.17) is 4.74 Å². The first-order chi connectivity index (χ1) is 9.25. The van der Waals surface area contributed by atoms with Gasteiger partial charge in [0.05, 0.1) is 6.54 Å². The Morgan fingerprint density at radius 3 is 2.95 bits per heavy atom. The minimum atomic E-state index is -0.377. The Labute approximate surface area is 107 Å². The lowest BCUT2D eigenvalue weighted by Crippen LogP contribution is -2.38. The van der Waals surface area contributed by atoms with Crippen molar-refractivity contribution in [3.05, 3.63) is 62.4 Å². The number of hydrogen-bond donors (Lipinski definition) is 1. The van der Waals surface area contributed by atoms with Crippen LogP contribution >= 0.6 is 0 Å². The Bertz CT molecular complexity index is 809. The molecule has 0 fully saturated rings. The van der Waals surface area contributed by atoms with Crippen molar-refractivity contribution in [2.45, 2.75) is 12.6 Å². The fourth-order valence-corrected chi connectivity index (χ4v) is 2.79. The highest BCUT2D eigenvalue weighted by Crippen LogP contribution is 2.37. The minimum Gasteiger partial charge on any atom is -0.489 e. The Hall–Kier alpha value is -2.50. The number of para-hydroxylation sites is 1. The molecule has 1 unspecified atom stereocenters. The average molecular weight is 257 g/mol. The second-order valence-corrected chi connectivity index (χ2v) is 4.67. The van der Waals surface area contributed by atoms with E-state index in [1.807, 2.05) is 30.3 Å². The van der Waals surface area contributed by atoms with Gasteiger partial charge in [0.15, 0.2) is 0 Å². The maximum Gasteiger partial charge on any atom is 0.345 e. The van der Waals surface area contributed by atoms with E-state index in [1.165, 1.54) is 9.36 Å².